The van der Waals surface area contributed by atoms with Gasteiger partial charge in [-0.05, 0) is 57.5 Å². The lowest BCUT2D eigenvalue weighted by molar-refractivity contribution is -0.134. The van der Waals surface area contributed by atoms with Crippen molar-refractivity contribution in [1.29, 1.82) is 0 Å². The fourth-order valence-corrected chi connectivity index (χ4v) is 3.78. The first-order chi connectivity index (χ1) is 9.22. The highest BCUT2D eigenvalue weighted by atomic mass is 35.5. The van der Waals surface area contributed by atoms with Crippen LogP contribution in [0.1, 0.15) is 58.8 Å². The molecule has 0 spiro atoms. The lowest BCUT2D eigenvalue weighted by Gasteiger charge is -2.32. The van der Waals surface area contributed by atoms with Crippen LogP contribution in [0.25, 0.3) is 0 Å². The third-order valence-corrected chi connectivity index (χ3v) is 5.06. The molecule has 1 N–H and O–H groups in total. The summed E-state index contributed by atoms with van der Waals surface area (Å²) in [6, 6.07) is 0.536. The summed E-state index contributed by atoms with van der Waals surface area (Å²) < 4.78 is 0. The predicted molar refractivity (Wildman–Crippen MR) is 86.3 cm³/mol. The van der Waals surface area contributed by atoms with E-state index in [4.69, 9.17) is 0 Å². The van der Waals surface area contributed by atoms with E-state index in [0.29, 0.717) is 23.8 Å². The van der Waals surface area contributed by atoms with Crippen molar-refractivity contribution in [2.45, 2.75) is 64.8 Å². The van der Waals surface area contributed by atoms with Crippen LogP contribution in [0.4, 0.5) is 0 Å². The maximum absolute atomic E-state index is 12.5. The summed E-state index contributed by atoms with van der Waals surface area (Å²) in [5.74, 6) is 1.61. The van der Waals surface area contributed by atoms with Crippen molar-refractivity contribution < 1.29 is 4.79 Å². The van der Waals surface area contributed by atoms with Gasteiger partial charge >= 0.3 is 0 Å². The number of piperidine rings is 1. The van der Waals surface area contributed by atoms with Gasteiger partial charge in [-0.25, -0.2) is 0 Å². The summed E-state index contributed by atoms with van der Waals surface area (Å²) in [7, 11) is 0. The molecule has 118 valence electrons. The van der Waals surface area contributed by atoms with Gasteiger partial charge in [-0.1, -0.05) is 19.8 Å². The molecular weight excluding hydrogens is 272 g/mol. The highest BCUT2D eigenvalue weighted by Gasteiger charge is 2.28. The van der Waals surface area contributed by atoms with Crippen LogP contribution in [0.3, 0.4) is 0 Å². The Kier molecular flexibility index (Phi) is 7.90. The molecule has 1 saturated carbocycles. The lowest BCUT2D eigenvalue weighted by atomic mass is 9.85. The van der Waals surface area contributed by atoms with Crippen molar-refractivity contribution in [3.63, 3.8) is 0 Å². The van der Waals surface area contributed by atoms with E-state index in [-0.39, 0.29) is 12.4 Å². The van der Waals surface area contributed by atoms with Gasteiger partial charge in [-0.15, -0.1) is 12.4 Å². The molecule has 20 heavy (non-hydrogen) atoms. The Hall–Kier alpha value is -0.280. The quantitative estimate of drug-likeness (QED) is 0.845. The van der Waals surface area contributed by atoms with E-state index in [0.717, 1.165) is 26.1 Å². The van der Waals surface area contributed by atoms with Gasteiger partial charge in [0, 0.05) is 19.0 Å². The van der Waals surface area contributed by atoms with Crippen molar-refractivity contribution in [2.24, 2.45) is 11.8 Å². The molecule has 1 aliphatic heterocycles. The minimum Gasteiger partial charge on any atom is -0.340 e. The zero-order chi connectivity index (χ0) is 13.7. The second kappa shape index (κ2) is 8.89. The maximum Gasteiger partial charge on any atom is 0.223 e. The van der Waals surface area contributed by atoms with Crippen molar-refractivity contribution in [1.82, 2.24) is 10.2 Å². The van der Waals surface area contributed by atoms with E-state index >= 15 is 0 Å². The number of hydrogen-bond donors (Lipinski definition) is 1. The van der Waals surface area contributed by atoms with E-state index in [1.165, 1.54) is 38.5 Å². The first kappa shape index (κ1) is 17.8. The standard InChI is InChI=1S/C16H30N2O.ClH/c1-3-18(15-8-4-5-9-15)16(19)11-13(2)14-7-6-10-17-12-14;/h13-15,17H,3-12H2,1-2H3;1H. The molecule has 1 saturated heterocycles. The third-order valence-electron chi connectivity index (χ3n) is 5.06. The van der Waals surface area contributed by atoms with Gasteiger partial charge in [0.2, 0.25) is 5.91 Å². The number of halogens is 1. The number of hydrogen-bond acceptors (Lipinski definition) is 2. The summed E-state index contributed by atoms with van der Waals surface area (Å²) in [6.45, 7) is 7.53. The Bertz CT molecular complexity index is 286. The van der Waals surface area contributed by atoms with E-state index in [9.17, 15) is 4.79 Å². The van der Waals surface area contributed by atoms with Crippen molar-refractivity contribution >= 4 is 18.3 Å². The van der Waals surface area contributed by atoms with Crippen LogP contribution in [-0.2, 0) is 4.79 Å². The van der Waals surface area contributed by atoms with Crippen LogP contribution in [-0.4, -0.2) is 36.5 Å². The minimum atomic E-state index is 0. The Balaban J connectivity index is 0.00000200. The molecule has 2 fully saturated rings. The largest absolute Gasteiger partial charge is 0.340 e. The predicted octanol–water partition coefficient (Wildman–Crippen LogP) is 3.23. The summed E-state index contributed by atoms with van der Waals surface area (Å²) >= 11 is 0. The number of amides is 1. The molecule has 0 aromatic rings. The Morgan fingerprint density at radius 3 is 2.50 bits per heavy atom. The molecule has 0 aromatic heterocycles. The average Bonchev–Trinajstić information content (AvgIpc) is 2.94. The molecule has 0 bridgehead atoms. The normalized spacial score (nSPS) is 25.0. The highest BCUT2D eigenvalue weighted by Crippen LogP contribution is 2.27. The minimum absolute atomic E-state index is 0. The van der Waals surface area contributed by atoms with E-state index in [1.807, 2.05) is 0 Å². The fraction of sp³-hybridized carbons (Fsp3) is 0.938. The topological polar surface area (TPSA) is 32.3 Å². The maximum atomic E-state index is 12.5. The number of rotatable bonds is 5. The summed E-state index contributed by atoms with van der Waals surface area (Å²) in [6.07, 6.45) is 8.35. The molecule has 1 heterocycles. The Morgan fingerprint density at radius 2 is 1.95 bits per heavy atom. The number of carbonyl (C=O) groups excluding carboxylic acids is 1. The SMILES string of the molecule is CCN(C(=O)CC(C)C1CCCNC1)C1CCCC1.Cl. The van der Waals surface area contributed by atoms with Crippen molar-refractivity contribution in [3.05, 3.63) is 0 Å². The number of nitrogens with one attached hydrogen (secondary N) is 1. The van der Waals surface area contributed by atoms with Crippen LogP contribution in [0.2, 0.25) is 0 Å². The van der Waals surface area contributed by atoms with Gasteiger partial charge in [0.05, 0.1) is 0 Å². The van der Waals surface area contributed by atoms with Crippen LogP contribution < -0.4 is 5.32 Å². The smallest absolute Gasteiger partial charge is 0.223 e. The molecule has 0 aromatic carbocycles. The van der Waals surface area contributed by atoms with Crippen LogP contribution in [0, 0.1) is 11.8 Å². The number of carbonyl (C=O) groups is 1. The second-order valence-corrected chi connectivity index (χ2v) is 6.41. The van der Waals surface area contributed by atoms with Crippen LogP contribution in [0.15, 0.2) is 0 Å². The molecule has 1 aliphatic carbocycles. The molecule has 2 aliphatic rings. The molecule has 2 atom stereocenters. The van der Waals surface area contributed by atoms with Gasteiger partial charge in [0.25, 0.3) is 0 Å². The van der Waals surface area contributed by atoms with Crippen molar-refractivity contribution in [3.8, 4) is 0 Å². The van der Waals surface area contributed by atoms with E-state index in [2.05, 4.69) is 24.1 Å². The second-order valence-electron chi connectivity index (χ2n) is 6.41. The lowest BCUT2D eigenvalue weighted by Crippen LogP contribution is -2.41. The van der Waals surface area contributed by atoms with Gasteiger partial charge < -0.3 is 10.2 Å². The van der Waals surface area contributed by atoms with Gasteiger partial charge in [-0.2, -0.15) is 0 Å². The molecule has 4 heteroatoms. The zero-order valence-corrected chi connectivity index (χ0v) is 13.9. The molecule has 3 nitrogen and oxygen atoms in total. The van der Waals surface area contributed by atoms with Gasteiger partial charge in [-0.3, -0.25) is 4.79 Å². The van der Waals surface area contributed by atoms with E-state index < -0.39 is 0 Å². The molecule has 2 rings (SSSR count). The first-order valence-electron chi connectivity index (χ1n) is 8.22. The Morgan fingerprint density at radius 1 is 1.25 bits per heavy atom. The summed E-state index contributed by atoms with van der Waals surface area (Å²) in [5, 5.41) is 3.46. The average molecular weight is 303 g/mol. The van der Waals surface area contributed by atoms with Gasteiger partial charge in [0.1, 0.15) is 0 Å². The first-order valence-corrected chi connectivity index (χ1v) is 8.22. The van der Waals surface area contributed by atoms with E-state index in [1.54, 1.807) is 0 Å². The van der Waals surface area contributed by atoms with Crippen LogP contribution in [0.5, 0.6) is 0 Å². The number of nitrogens with zero attached hydrogens (tertiary/aromatic N) is 1. The van der Waals surface area contributed by atoms with Crippen molar-refractivity contribution in [2.75, 3.05) is 19.6 Å². The zero-order valence-electron chi connectivity index (χ0n) is 13.1. The van der Waals surface area contributed by atoms with Gasteiger partial charge in [0.15, 0.2) is 0 Å². The summed E-state index contributed by atoms with van der Waals surface area (Å²) in [5.41, 5.74) is 0. The monoisotopic (exact) mass is 302 g/mol. The fourth-order valence-electron chi connectivity index (χ4n) is 3.78. The molecular formula is C16H31ClN2O. The highest BCUT2D eigenvalue weighted by molar-refractivity contribution is 5.85. The molecule has 2 unspecified atom stereocenters. The summed E-state index contributed by atoms with van der Waals surface area (Å²) in [4.78, 5) is 14.7. The van der Waals surface area contributed by atoms with Crippen LogP contribution >= 0.6 is 12.4 Å². The third kappa shape index (κ3) is 4.63. The molecule has 0 radical (unpaired) electrons. The Labute approximate surface area is 130 Å². The molecule has 1 amide bonds.